The number of benzene rings is 1. The van der Waals surface area contributed by atoms with Crippen LogP contribution in [0.1, 0.15) is 12.0 Å². The van der Waals surface area contributed by atoms with Gasteiger partial charge in [0, 0.05) is 30.1 Å². The summed E-state index contributed by atoms with van der Waals surface area (Å²) in [6.07, 6.45) is -3.65. The number of halogens is 3. The van der Waals surface area contributed by atoms with Crippen molar-refractivity contribution >= 4 is 17.4 Å². The summed E-state index contributed by atoms with van der Waals surface area (Å²) in [5.41, 5.74) is 4.83. The lowest BCUT2D eigenvalue weighted by Gasteiger charge is -2.13. The Labute approximate surface area is 102 Å². The fraction of sp³-hybridized carbons (Fsp3) is 0.455. The molecular formula is C11H14F3NOS. The Morgan fingerprint density at radius 1 is 1.35 bits per heavy atom. The van der Waals surface area contributed by atoms with Crippen molar-refractivity contribution in [3.8, 4) is 0 Å². The molecule has 0 aliphatic heterocycles. The first-order valence-electron chi connectivity index (χ1n) is 5.03. The van der Waals surface area contributed by atoms with Crippen LogP contribution in [0.25, 0.3) is 0 Å². The molecule has 96 valence electrons. The van der Waals surface area contributed by atoms with Crippen molar-refractivity contribution in [1.29, 1.82) is 0 Å². The zero-order valence-electron chi connectivity index (χ0n) is 9.38. The number of nitrogen functional groups attached to an aromatic ring is 1. The van der Waals surface area contributed by atoms with Crippen LogP contribution in [0, 0.1) is 0 Å². The topological polar surface area (TPSA) is 35.2 Å². The highest BCUT2D eigenvalue weighted by Gasteiger charge is 2.33. The molecule has 0 amide bonds. The molecule has 0 fully saturated rings. The maximum Gasteiger partial charge on any atom is 0.417 e. The Balaban J connectivity index is 2.77. The first kappa shape index (κ1) is 14.2. The van der Waals surface area contributed by atoms with Gasteiger partial charge in [0.05, 0.1) is 5.56 Å². The summed E-state index contributed by atoms with van der Waals surface area (Å²) in [6.45, 7) is 0.545. The Morgan fingerprint density at radius 3 is 2.65 bits per heavy atom. The van der Waals surface area contributed by atoms with Gasteiger partial charge in [-0.2, -0.15) is 13.2 Å². The Hall–Kier alpha value is -0.880. The number of nitrogens with two attached hydrogens (primary N) is 1. The third-order valence-corrected chi connectivity index (χ3v) is 3.22. The van der Waals surface area contributed by atoms with Crippen molar-refractivity contribution in [1.82, 2.24) is 0 Å². The summed E-state index contributed by atoms with van der Waals surface area (Å²) in [5, 5.41) is 0. The molecule has 0 aliphatic rings. The molecule has 0 spiro atoms. The summed E-state index contributed by atoms with van der Waals surface area (Å²) in [5.74, 6) is 0.584. The molecule has 0 unspecified atom stereocenters. The van der Waals surface area contributed by atoms with E-state index in [1.165, 1.54) is 23.9 Å². The predicted molar refractivity (Wildman–Crippen MR) is 63.1 cm³/mol. The number of alkyl halides is 3. The van der Waals surface area contributed by atoms with E-state index in [1.807, 2.05) is 0 Å². The zero-order valence-corrected chi connectivity index (χ0v) is 10.2. The van der Waals surface area contributed by atoms with E-state index in [0.717, 1.165) is 6.07 Å². The van der Waals surface area contributed by atoms with Gasteiger partial charge < -0.3 is 10.5 Å². The van der Waals surface area contributed by atoms with Gasteiger partial charge in [-0.25, -0.2) is 0 Å². The zero-order chi connectivity index (χ0) is 12.9. The van der Waals surface area contributed by atoms with Gasteiger partial charge in [0.2, 0.25) is 0 Å². The molecule has 0 saturated heterocycles. The third kappa shape index (κ3) is 4.47. The lowest BCUT2D eigenvalue weighted by Crippen LogP contribution is -2.08. The summed E-state index contributed by atoms with van der Waals surface area (Å²) < 4.78 is 43.0. The average molecular weight is 265 g/mol. The number of anilines is 1. The van der Waals surface area contributed by atoms with E-state index in [9.17, 15) is 13.2 Å². The van der Waals surface area contributed by atoms with Crippen molar-refractivity contribution in [2.24, 2.45) is 0 Å². The smallest absolute Gasteiger partial charge is 0.399 e. The number of ether oxygens (including phenoxy) is 1. The fourth-order valence-electron chi connectivity index (χ4n) is 1.28. The van der Waals surface area contributed by atoms with Crippen LogP contribution in [-0.2, 0) is 10.9 Å². The first-order chi connectivity index (χ1) is 7.95. The van der Waals surface area contributed by atoms with Crippen LogP contribution in [-0.4, -0.2) is 19.5 Å². The third-order valence-electron chi connectivity index (χ3n) is 2.06. The van der Waals surface area contributed by atoms with Gasteiger partial charge in [-0.05, 0) is 24.6 Å². The lowest BCUT2D eigenvalue weighted by atomic mass is 10.2. The predicted octanol–water partition coefficient (Wildman–Crippen LogP) is 3.42. The van der Waals surface area contributed by atoms with Gasteiger partial charge in [0.15, 0.2) is 0 Å². The van der Waals surface area contributed by atoms with E-state index in [-0.39, 0.29) is 10.6 Å². The molecule has 0 radical (unpaired) electrons. The van der Waals surface area contributed by atoms with Gasteiger partial charge in [-0.15, -0.1) is 11.8 Å². The van der Waals surface area contributed by atoms with Crippen LogP contribution >= 0.6 is 11.8 Å². The molecule has 6 heteroatoms. The van der Waals surface area contributed by atoms with E-state index in [4.69, 9.17) is 10.5 Å². The van der Waals surface area contributed by atoms with Crippen LogP contribution in [0.2, 0.25) is 0 Å². The minimum absolute atomic E-state index is 0.124. The highest BCUT2D eigenvalue weighted by molar-refractivity contribution is 7.99. The van der Waals surface area contributed by atoms with Crippen molar-refractivity contribution in [3.05, 3.63) is 23.8 Å². The molecule has 2 N–H and O–H groups in total. The molecule has 0 bridgehead atoms. The van der Waals surface area contributed by atoms with Gasteiger partial charge in [0.25, 0.3) is 0 Å². The number of hydrogen-bond donors (Lipinski definition) is 1. The number of rotatable bonds is 5. The molecule has 0 aromatic heterocycles. The number of thioether (sulfide) groups is 1. The van der Waals surface area contributed by atoms with Crippen molar-refractivity contribution in [2.75, 3.05) is 25.2 Å². The van der Waals surface area contributed by atoms with Crippen molar-refractivity contribution < 1.29 is 17.9 Å². The number of hydrogen-bond acceptors (Lipinski definition) is 3. The van der Waals surface area contributed by atoms with Crippen LogP contribution in [0.4, 0.5) is 18.9 Å². The Bertz CT molecular complexity index is 368. The normalized spacial score (nSPS) is 11.8. The highest BCUT2D eigenvalue weighted by Crippen LogP contribution is 2.37. The van der Waals surface area contributed by atoms with Crippen LogP contribution in [0.5, 0.6) is 0 Å². The summed E-state index contributed by atoms with van der Waals surface area (Å²) >= 11 is 1.17. The molecule has 1 aromatic carbocycles. The first-order valence-corrected chi connectivity index (χ1v) is 6.02. The summed E-state index contributed by atoms with van der Waals surface area (Å²) in [6, 6.07) is 3.86. The maximum absolute atomic E-state index is 12.7. The molecule has 2 nitrogen and oxygen atoms in total. The molecule has 1 aromatic rings. The van der Waals surface area contributed by atoms with Crippen LogP contribution in [0.3, 0.4) is 0 Å². The maximum atomic E-state index is 12.7. The second-order valence-corrected chi connectivity index (χ2v) is 4.58. The van der Waals surface area contributed by atoms with E-state index in [0.29, 0.717) is 18.8 Å². The fourth-order valence-corrected chi connectivity index (χ4v) is 2.26. The van der Waals surface area contributed by atoms with Crippen LogP contribution < -0.4 is 5.73 Å². The largest absolute Gasteiger partial charge is 0.417 e. The minimum Gasteiger partial charge on any atom is -0.399 e. The minimum atomic E-state index is -4.36. The summed E-state index contributed by atoms with van der Waals surface area (Å²) in [7, 11) is 1.56. The Kier molecular flexibility index (Phi) is 5.14. The highest BCUT2D eigenvalue weighted by atomic mass is 32.2. The van der Waals surface area contributed by atoms with Gasteiger partial charge in [0.1, 0.15) is 0 Å². The average Bonchev–Trinajstić information content (AvgIpc) is 2.25. The standard InChI is InChI=1S/C11H14F3NOS/c1-16-5-2-6-17-10-4-3-8(15)7-9(10)11(12,13)14/h3-4,7H,2,5-6,15H2,1H3. The second kappa shape index (κ2) is 6.16. The number of methoxy groups -OCH3 is 1. The van der Waals surface area contributed by atoms with Crippen molar-refractivity contribution in [2.45, 2.75) is 17.5 Å². The molecular weight excluding hydrogens is 251 g/mol. The molecule has 1 rings (SSSR count). The molecule has 0 atom stereocenters. The van der Waals surface area contributed by atoms with E-state index >= 15 is 0 Å². The van der Waals surface area contributed by atoms with E-state index < -0.39 is 11.7 Å². The second-order valence-electron chi connectivity index (χ2n) is 3.45. The molecule has 0 heterocycles. The van der Waals surface area contributed by atoms with Crippen molar-refractivity contribution in [3.63, 3.8) is 0 Å². The molecule has 17 heavy (non-hydrogen) atoms. The van der Waals surface area contributed by atoms with E-state index in [1.54, 1.807) is 7.11 Å². The molecule has 0 aliphatic carbocycles. The quantitative estimate of drug-likeness (QED) is 0.503. The van der Waals surface area contributed by atoms with Gasteiger partial charge in [-0.3, -0.25) is 0 Å². The monoisotopic (exact) mass is 265 g/mol. The van der Waals surface area contributed by atoms with Gasteiger partial charge in [-0.1, -0.05) is 0 Å². The SMILES string of the molecule is COCCCSc1ccc(N)cc1C(F)(F)F. The lowest BCUT2D eigenvalue weighted by molar-refractivity contribution is -0.139. The van der Waals surface area contributed by atoms with E-state index in [2.05, 4.69) is 0 Å². The van der Waals surface area contributed by atoms with Crippen LogP contribution in [0.15, 0.2) is 23.1 Å². The Morgan fingerprint density at radius 2 is 2.06 bits per heavy atom. The summed E-state index contributed by atoms with van der Waals surface area (Å²) in [4.78, 5) is 0.211. The van der Waals surface area contributed by atoms with Gasteiger partial charge >= 0.3 is 6.18 Å². The molecule has 0 saturated carbocycles.